The van der Waals surface area contributed by atoms with E-state index < -0.39 is 10.8 Å². The van der Waals surface area contributed by atoms with E-state index in [1.165, 1.54) is 40.4 Å². The Morgan fingerprint density at radius 3 is 2.92 bits per heavy atom. The number of fused-ring (bicyclic) bond motifs is 1. The van der Waals surface area contributed by atoms with E-state index in [9.17, 15) is 19.7 Å². The van der Waals surface area contributed by atoms with Gasteiger partial charge in [0.05, 0.1) is 16.6 Å². The fraction of sp³-hybridized carbons (Fsp3) is 0.133. The van der Waals surface area contributed by atoms with Crippen LogP contribution in [0.3, 0.4) is 0 Å². The Bertz CT molecular complexity index is 979. The van der Waals surface area contributed by atoms with E-state index in [2.05, 4.69) is 10.3 Å². The summed E-state index contributed by atoms with van der Waals surface area (Å²) in [7, 11) is 0. The summed E-state index contributed by atoms with van der Waals surface area (Å²) in [6.07, 6.45) is 1.41. The first kappa shape index (κ1) is 15.8. The van der Waals surface area contributed by atoms with E-state index in [0.717, 1.165) is 0 Å². The van der Waals surface area contributed by atoms with Crippen molar-refractivity contribution in [3.63, 3.8) is 0 Å². The molecule has 0 radical (unpaired) electrons. The molecule has 0 unspecified atom stereocenters. The molecule has 0 saturated heterocycles. The third-order valence-corrected chi connectivity index (χ3v) is 4.23. The van der Waals surface area contributed by atoms with Crippen molar-refractivity contribution in [3.05, 3.63) is 62.5 Å². The number of nitrogens with one attached hydrogen (secondary N) is 1. The van der Waals surface area contributed by atoms with Gasteiger partial charge in [0.1, 0.15) is 10.5 Å². The predicted molar refractivity (Wildman–Crippen MR) is 90.2 cm³/mol. The second kappa shape index (κ2) is 6.59. The molecule has 8 nitrogen and oxygen atoms in total. The molecule has 0 bridgehead atoms. The van der Waals surface area contributed by atoms with Crippen LogP contribution in [-0.2, 0) is 11.3 Å². The minimum absolute atomic E-state index is 0.00325. The molecule has 0 fully saturated rings. The summed E-state index contributed by atoms with van der Waals surface area (Å²) in [6.45, 7) is 0.143. The highest BCUT2D eigenvalue weighted by Gasteiger charge is 2.15. The van der Waals surface area contributed by atoms with Gasteiger partial charge in [-0.1, -0.05) is 12.1 Å². The zero-order valence-electron chi connectivity index (χ0n) is 12.3. The van der Waals surface area contributed by atoms with Gasteiger partial charge in [0, 0.05) is 19.0 Å². The van der Waals surface area contributed by atoms with Crippen LogP contribution in [0.25, 0.3) is 10.2 Å². The van der Waals surface area contributed by atoms with Crippen molar-refractivity contribution in [2.45, 2.75) is 13.0 Å². The minimum Gasteiger partial charge on any atom is -0.320 e. The lowest BCUT2D eigenvalue weighted by Crippen LogP contribution is -2.23. The lowest BCUT2D eigenvalue weighted by molar-refractivity contribution is -0.383. The summed E-state index contributed by atoms with van der Waals surface area (Å²) in [5, 5.41) is 15.7. The zero-order chi connectivity index (χ0) is 17.1. The van der Waals surface area contributed by atoms with Crippen molar-refractivity contribution in [2.24, 2.45) is 0 Å². The molecular formula is C15H12N4O4S. The summed E-state index contributed by atoms with van der Waals surface area (Å²) in [6, 6.07) is 7.59. The number of benzene rings is 1. The number of thiophene rings is 1. The molecule has 24 heavy (non-hydrogen) atoms. The Kier molecular flexibility index (Phi) is 4.34. The molecule has 0 aliphatic heterocycles. The average Bonchev–Trinajstić information content (AvgIpc) is 3.04. The number of nitrogens with zero attached hydrogens (tertiary/aromatic N) is 3. The van der Waals surface area contributed by atoms with E-state index in [4.69, 9.17) is 0 Å². The number of para-hydroxylation sites is 2. The second-order valence-corrected chi connectivity index (χ2v) is 5.85. The van der Waals surface area contributed by atoms with Crippen molar-refractivity contribution in [3.8, 4) is 0 Å². The molecule has 2 heterocycles. The lowest BCUT2D eigenvalue weighted by atomic mass is 10.2. The van der Waals surface area contributed by atoms with Crippen molar-refractivity contribution in [1.29, 1.82) is 0 Å². The first-order chi connectivity index (χ1) is 11.6. The molecule has 2 aromatic heterocycles. The van der Waals surface area contributed by atoms with Gasteiger partial charge in [-0.05, 0) is 17.5 Å². The number of amides is 1. The molecule has 0 aliphatic rings. The van der Waals surface area contributed by atoms with Gasteiger partial charge in [-0.3, -0.25) is 24.3 Å². The van der Waals surface area contributed by atoms with E-state index in [1.54, 1.807) is 17.5 Å². The molecule has 1 N–H and O–H groups in total. The maximum absolute atomic E-state index is 12.2. The third kappa shape index (κ3) is 3.15. The Morgan fingerprint density at radius 1 is 1.33 bits per heavy atom. The Morgan fingerprint density at radius 2 is 2.12 bits per heavy atom. The standard InChI is InChI=1S/C15H12N4O4S/c20-13(17-11-3-1-2-4-12(11)19(22)23)5-7-18-9-16-14-10(15(18)21)6-8-24-14/h1-4,6,8-9H,5,7H2,(H,17,20). The quantitative estimate of drug-likeness (QED) is 0.565. The van der Waals surface area contributed by atoms with E-state index in [1.807, 2.05) is 0 Å². The number of carbonyl (C=O) groups is 1. The van der Waals surface area contributed by atoms with Gasteiger partial charge in [0.15, 0.2) is 0 Å². The number of carbonyl (C=O) groups excluding carboxylic acids is 1. The van der Waals surface area contributed by atoms with Gasteiger partial charge < -0.3 is 5.32 Å². The summed E-state index contributed by atoms with van der Waals surface area (Å²) in [5.74, 6) is -0.415. The lowest BCUT2D eigenvalue weighted by Gasteiger charge is -2.07. The van der Waals surface area contributed by atoms with Crippen LogP contribution >= 0.6 is 11.3 Å². The van der Waals surface area contributed by atoms with E-state index >= 15 is 0 Å². The average molecular weight is 344 g/mol. The molecule has 122 valence electrons. The molecule has 0 aliphatic carbocycles. The summed E-state index contributed by atoms with van der Waals surface area (Å²) in [5.41, 5.74) is -0.254. The smallest absolute Gasteiger partial charge is 0.292 e. The van der Waals surface area contributed by atoms with Crippen LogP contribution in [0.5, 0.6) is 0 Å². The third-order valence-electron chi connectivity index (χ3n) is 3.41. The van der Waals surface area contributed by atoms with Crippen LogP contribution in [0.1, 0.15) is 6.42 Å². The fourth-order valence-electron chi connectivity index (χ4n) is 2.23. The minimum atomic E-state index is -0.561. The monoisotopic (exact) mass is 344 g/mol. The molecule has 3 aromatic rings. The van der Waals surface area contributed by atoms with Gasteiger partial charge in [-0.2, -0.15) is 0 Å². The van der Waals surface area contributed by atoms with Gasteiger partial charge in [0.2, 0.25) is 5.91 Å². The highest BCUT2D eigenvalue weighted by molar-refractivity contribution is 7.16. The molecule has 3 rings (SSSR count). The maximum Gasteiger partial charge on any atom is 0.292 e. The van der Waals surface area contributed by atoms with Gasteiger partial charge in [-0.15, -0.1) is 11.3 Å². The number of aryl methyl sites for hydroxylation is 1. The number of nitro groups is 1. The summed E-state index contributed by atoms with van der Waals surface area (Å²) in [4.78, 5) is 39.4. The van der Waals surface area contributed by atoms with Gasteiger partial charge in [-0.25, -0.2) is 4.98 Å². The van der Waals surface area contributed by atoms with Crippen molar-refractivity contribution in [1.82, 2.24) is 9.55 Å². The van der Waals surface area contributed by atoms with Crippen LogP contribution in [0.2, 0.25) is 0 Å². The zero-order valence-corrected chi connectivity index (χ0v) is 13.2. The Hall–Kier alpha value is -3.07. The highest BCUT2D eigenvalue weighted by atomic mass is 32.1. The van der Waals surface area contributed by atoms with Gasteiger partial charge in [0.25, 0.3) is 11.2 Å². The number of aromatic nitrogens is 2. The number of hydrogen-bond acceptors (Lipinski definition) is 6. The Balaban J connectivity index is 1.70. The molecule has 9 heteroatoms. The van der Waals surface area contributed by atoms with Crippen LogP contribution in [0.15, 0.2) is 46.8 Å². The molecule has 0 saturated carbocycles. The summed E-state index contributed by atoms with van der Waals surface area (Å²) < 4.78 is 1.36. The second-order valence-electron chi connectivity index (χ2n) is 4.95. The summed E-state index contributed by atoms with van der Waals surface area (Å²) >= 11 is 1.37. The first-order valence-corrected chi connectivity index (χ1v) is 7.90. The number of anilines is 1. The van der Waals surface area contributed by atoms with Crippen molar-refractivity contribution in [2.75, 3.05) is 5.32 Å². The largest absolute Gasteiger partial charge is 0.320 e. The SMILES string of the molecule is O=C(CCn1cnc2sccc2c1=O)Nc1ccccc1[N+](=O)[O-]. The Labute approximate surface area is 139 Å². The maximum atomic E-state index is 12.2. The molecule has 1 aromatic carbocycles. The first-order valence-electron chi connectivity index (χ1n) is 7.02. The molecular weight excluding hydrogens is 332 g/mol. The van der Waals surface area contributed by atoms with E-state index in [0.29, 0.717) is 10.2 Å². The highest BCUT2D eigenvalue weighted by Crippen LogP contribution is 2.23. The molecule has 0 atom stereocenters. The number of nitro benzene ring substituents is 1. The van der Waals surface area contributed by atoms with E-state index in [-0.39, 0.29) is 29.9 Å². The molecule has 1 amide bonds. The molecule has 0 spiro atoms. The van der Waals surface area contributed by atoms with Crippen LogP contribution in [-0.4, -0.2) is 20.4 Å². The van der Waals surface area contributed by atoms with Crippen molar-refractivity contribution < 1.29 is 9.72 Å². The van der Waals surface area contributed by atoms with Crippen LogP contribution in [0, 0.1) is 10.1 Å². The van der Waals surface area contributed by atoms with Crippen LogP contribution < -0.4 is 10.9 Å². The number of hydrogen-bond donors (Lipinski definition) is 1. The fourth-order valence-corrected chi connectivity index (χ4v) is 2.95. The van der Waals surface area contributed by atoms with Gasteiger partial charge >= 0.3 is 0 Å². The normalized spacial score (nSPS) is 10.7. The number of rotatable bonds is 5. The predicted octanol–water partition coefficient (Wildman–Crippen LogP) is 2.39. The van der Waals surface area contributed by atoms with Crippen molar-refractivity contribution >= 4 is 38.8 Å². The topological polar surface area (TPSA) is 107 Å². The van der Waals surface area contributed by atoms with Crippen LogP contribution in [0.4, 0.5) is 11.4 Å².